The molecule has 2 aromatic rings. The van der Waals surface area contributed by atoms with E-state index in [-0.39, 0.29) is 0 Å². The molecule has 0 spiro atoms. The number of rotatable bonds is 1. The average molecular weight is 244 g/mol. The number of nitrogens with two attached hydrogens (primary N) is 1. The first-order chi connectivity index (χ1) is 8.61. The zero-order valence-corrected chi connectivity index (χ0v) is 11.3. The van der Waals surface area contributed by atoms with Gasteiger partial charge in [0.15, 0.2) is 0 Å². The molecule has 96 valence electrons. The molecule has 1 fully saturated rings. The minimum absolute atomic E-state index is 0.565. The summed E-state index contributed by atoms with van der Waals surface area (Å²) in [5, 5.41) is 1.04. The molecule has 2 unspecified atom stereocenters. The Morgan fingerprint density at radius 3 is 2.72 bits per heavy atom. The number of aromatic nitrogens is 3. The molecule has 2 heterocycles. The van der Waals surface area contributed by atoms with Crippen LogP contribution >= 0.6 is 0 Å². The molecular formula is C14H20N4. The van der Waals surface area contributed by atoms with Crippen LogP contribution in [0.25, 0.3) is 11.0 Å². The summed E-state index contributed by atoms with van der Waals surface area (Å²) in [6.07, 6.45) is 5.44. The van der Waals surface area contributed by atoms with E-state index in [1.54, 1.807) is 6.33 Å². The maximum atomic E-state index is 6.01. The predicted octanol–water partition coefficient (Wildman–Crippen LogP) is 2.99. The molecule has 2 aromatic heterocycles. The summed E-state index contributed by atoms with van der Waals surface area (Å²) >= 11 is 0. The summed E-state index contributed by atoms with van der Waals surface area (Å²) in [7, 11) is 0. The van der Waals surface area contributed by atoms with Crippen molar-refractivity contribution in [3.05, 3.63) is 17.6 Å². The highest BCUT2D eigenvalue weighted by atomic mass is 15.1. The van der Waals surface area contributed by atoms with Crippen LogP contribution in [0.4, 0.5) is 5.82 Å². The first kappa shape index (κ1) is 11.5. The monoisotopic (exact) mass is 244 g/mol. The van der Waals surface area contributed by atoms with Crippen molar-refractivity contribution in [1.82, 2.24) is 14.5 Å². The van der Waals surface area contributed by atoms with Crippen LogP contribution in [-0.4, -0.2) is 14.5 Å². The van der Waals surface area contributed by atoms with Crippen molar-refractivity contribution in [2.24, 2.45) is 5.92 Å². The lowest BCUT2D eigenvalue weighted by Gasteiger charge is -2.20. The Labute approximate surface area is 107 Å². The molecule has 1 aliphatic rings. The highest BCUT2D eigenvalue weighted by molar-refractivity contribution is 5.90. The molecule has 1 aliphatic carbocycles. The zero-order chi connectivity index (χ0) is 12.9. The minimum Gasteiger partial charge on any atom is -0.383 e. The van der Waals surface area contributed by atoms with E-state index in [9.17, 15) is 0 Å². The Morgan fingerprint density at radius 1 is 1.28 bits per heavy atom. The molecule has 18 heavy (non-hydrogen) atoms. The Balaban J connectivity index is 2.29. The highest BCUT2D eigenvalue weighted by Crippen LogP contribution is 2.40. The van der Waals surface area contributed by atoms with E-state index >= 15 is 0 Å². The van der Waals surface area contributed by atoms with Crippen molar-refractivity contribution in [2.45, 2.75) is 46.1 Å². The second-order valence-corrected chi connectivity index (χ2v) is 5.51. The number of hydrogen-bond acceptors (Lipinski definition) is 3. The molecular weight excluding hydrogens is 224 g/mol. The fraction of sp³-hybridized carbons (Fsp3) is 0.571. The van der Waals surface area contributed by atoms with Gasteiger partial charge in [0.25, 0.3) is 0 Å². The Bertz CT molecular complexity index is 599. The maximum absolute atomic E-state index is 6.01. The van der Waals surface area contributed by atoms with E-state index in [2.05, 4.69) is 35.3 Å². The minimum atomic E-state index is 0.565. The molecule has 4 heteroatoms. The van der Waals surface area contributed by atoms with Crippen LogP contribution in [0.5, 0.6) is 0 Å². The normalized spacial score (nSPS) is 23.9. The van der Waals surface area contributed by atoms with Crippen molar-refractivity contribution >= 4 is 16.9 Å². The zero-order valence-electron chi connectivity index (χ0n) is 11.3. The van der Waals surface area contributed by atoms with Gasteiger partial charge in [-0.3, -0.25) is 0 Å². The highest BCUT2D eigenvalue weighted by Gasteiger charge is 2.29. The fourth-order valence-electron chi connectivity index (χ4n) is 3.37. The number of fused-ring (bicyclic) bond motifs is 1. The lowest BCUT2D eigenvalue weighted by Crippen LogP contribution is -2.13. The summed E-state index contributed by atoms with van der Waals surface area (Å²) in [5.41, 5.74) is 9.53. The van der Waals surface area contributed by atoms with Crippen LogP contribution in [0.1, 0.15) is 43.5 Å². The Hall–Kier alpha value is -1.58. The maximum Gasteiger partial charge on any atom is 0.146 e. The molecule has 0 aliphatic heterocycles. The van der Waals surface area contributed by atoms with Gasteiger partial charge in [-0.15, -0.1) is 0 Å². The third-order valence-electron chi connectivity index (χ3n) is 4.51. The fourth-order valence-corrected chi connectivity index (χ4v) is 3.37. The van der Waals surface area contributed by atoms with Crippen LogP contribution in [0.15, 0.2) is 6.33 Å². The van der Waals surface area contributed by atoms with Crippen LogP contribution in [0.2, 0.25) is 0 Å². The van der Waals surface area contributed by atoms with Crippen molar-refractivity contribution in [3.8, 4) is 0 Å². The van der Waals surface area contributed by atoms with Gasteiger partial charge < -0.3 is 10.3 Å². The van der Waals surface area contributed by atoms with Gasteiger partial charge in [0.2, 0.25) is 0 Å². The molecule has 2 atom stereocenters. The summed E-state index contributed by atoms with van der Waals surface area (Å²) in [6.45, 7) is 6.62. The van der Waals surface area contributed by atoms with Gasteiger partial charge in [0.1, 0.15) is 17.8 Å². The van der Waals surface area contributed by atoms with Crippen molar-refractivity contribution < 1.29 is 0 Å². The van der Waals surface area contributed by atoms with Crippen LogP contribution in [0.3, 0.4) is 0 Å². The van der Waals surface area contributed by atoms with Gasteiger partial charge in [-0.05, 0) is 38.2 Å². The van der Waals surface area contributed by atoms with Gasteiger partial charge in [-0.1, -0.05) is 13.3 Å². The molecule has 3 rings (SSSR count). The lowest BCUT2D eigenvalue weighted by atomic mass is 10.1. The van der Waals surface area contributed by atoms with E-state index in [0.29, 0.717) is 11.9 Å². The first-order valence-electron chi connectivity index (χ1n) is 6.68. The van der Waals surface area contributed by atoms with E-state index in [1.165, 1.54) is 30.5 Å². The number of nitrogens with zero attached hydrogens (tertiary/aromatic N) is 3. The molecule has 2 N–H and O–H groups in total. The number of nitrogen functional groups attached to an aromatic ring is 1. The molecule has 0 bridgehead atoms. The second kappa shape index (κ2) is 3.97. The predicted molar refractivity (Wildman–Crippen MR) is 73.5 cm³/mol. The first-order valence-corrected chi connectivity index (χ1v) is 6.68. The molecule has 0 radical (unpaired) electrons. The van der Waals surface area contributed by atoms with E-state index in [4.69, 9.17) is 5.73 Å². The van der Waals surface area contributed by atoms with Crippen LogP contribution in [-0.2, 0) is 0 Å². The number of aryl methyl sites for hydroxylation is 1. The number of anilines is 1. The third kappa shape index (κ3) is 1.44. The van der Waals surface area contributed by atoms with E-state index in [1.807, 2.05) is 0 Å². The second-order valence-electron chi connectivity index (χ2n) is 5.51. The molecule has 0 saturated heterocycles. The standard InChI is InChI=1S/C14H20N4/c1-8-5-4-6-11(8)18-10(3)9(2)12-13(15)16-7-17-14(12)18/h7-8,11H,4-6H2,1-3H3,(H2,15,16,17). The summed E-state index contributed by atoms with van der Waals surface area (Å²) < 4.78 is 2.39. The van der Waals surface area contributed by atoms with E-state index < -0.39 is 0 Å². The molecule has 0 aromatic carbocycles. The molecule has 4 nitrogen and oxygen atoms in total. The van der Waals surface area contributed by atoms with Crippen molar-refractivity contribution in [2.75, 3.05) is 5.73 Å². The largest absolute Gasteiger partial charge is 0.383 e. The van der Waals surface area contributed by atoms with Crippen molar-refractivity contribution in [3.63, 3.8) is 0 Å². The van der Waals surface area contributed by atoms with Gasteiger partial charge in [-0.25, -0.2) is 9.97 Å². The van der Waals surface area contributed by atoms with E-state index in [0.717, 1.165) is 17.0 Å². The lowest BCUT2D eigenvalue weighted by molar-refractivity contribution is 0.410. The van der Waals surface area contributed by atoms with Gasteiger partial charge in [-0.2, -0.15) is 0 Å². The topological polar surface area (TPSA) is 56.7 Å². The Kier molecular flexibility index (Phi) is 2.54. The van der Waals surface area contributed by atoms with Gasteiger partial charge >= 0.3 is 0 Å². The smallest absolute Gasteiger partial charge is 0.146 e. The SMILES string of the molecule is Cc1c(C)n(C2CCCC2C)c2ncnc(N)c12. The summed E-state index contributed by atoms with van der Waals surface area (Å²) in [6, 6.07) is 0.565. The van der Waals surface area contributed by atoms with Crippen molar-refractivity contribution in [1.29, 1.82) is 0 Å². The van der Waals surface area contributed by atoms with Crippen LogP contribution in [0, 0.1) is 19.8 Å². The summed E-state index contributed by atoms with van der Waals surface area (Å²) in [4.78, 5) is 8.60. The molecule has 0 amide bonds. The van der Waals surface area contributed by atoms with Gasteiger partial charge in [0, 0.05) is 11.7 Å². The number of hydrogen-bond donors (Lipinski definition) is 1. The van der Waals surface area contributed by atoms with Gasteiger partial charge in [0.05, 0.1) is 5.39 Å². The quantitative estimate of drug-likeness (QED) is 0.839. The van der Waals surface area contributed by atoms with Crippen LogP contribution < -0.4 is 5.73 Å². The molecule has 1 saturated carbocycles. The average Bonchev–Trinajstić information content (AvgIpc) is 2.84. The summed E-state index contributed by atoms with van der Waals surface area (Å²) in [5.74, 6) is 1.32. The third-order valence-corrected chi connectivity index (χ3v) is 4.51. The Morgan fingerprint density at radius 2 is 2.06 bits per heavy atom.